The Morgan fingerprint density at radius 3 is 2.80 bits per heavy atom. The third-order valence-electron chi connectivity index (χ3n) is 3.83. The van der Waals surface area contributed by atoms with Crippen LogP contribution >= 0.6 is 0 Å². The van der Waals surface area contributed by atoms with Crippen molar-refractivity contribution < 1.29 is 9.90 Å². The van der Waals surface area contributed by atoms with E-state index in [1.165, 1.54) is 0 Å². The first-order chi connectivity index (χ1) is 9.61. The van der Waals surface area contributed by atoms with E-state index in [1.807, 2.05) is 31.3 Å². The molecule has 1 aromatic rings. The monoisotopic (exact) mass is 277 g/mol. The molecular formula is C15H23N3O2. The zero-order valence-electron chi connectivity index (χ0n) is 12.1. The van der Waals surface area contributed by atoms with Gasteiger partial charge in [0.25, 0.3) is 0 Å². The molecule has 1 fully saturated rings. The number of urea groups is 1. The maximum absolute atomic E-state index is 12.0. The smallest absolute Gasteiger partial charge is 0.319 e. The third-order valence-corrected chi connectivity index (χ3v) is 3.83. The van der Waals surface area contributed by atoms with Crippen LogP contribution in [0.4, 0.5) is 16.2 Å². The molecule has 1 aliphatic rings. The SMILES string of the molecule is CCN(C)c1ccccc1NC(=O)N[C@H]1CCC[C@H]1O. The van der Waals surface area contributed by atoms with Crippen molar-refractivity contribution in [2.75, 3.05) is 23.8 Å². The van der Waals surface area contributed by atoms with Gasteiger partial charge in [0.15, 0.2) is 0 Å². The van der Waals surface area contributed by atoms with Crippen molar-refractivity contribution in [2.45, 2.75) is 38.3 Å². The lowest BCUT2D eigenvalue weighted by molar-refractivity contribution is 0.151. The molecule has 0 radical (unpaired) electrons. The van der Waals surface area contributed by atoms with Gasteiger partial charge in [0, 0.05) is 13.6 Å². The molecule has 1 saturated carbocycles. The van der Waals surface area contributed by atoms with Crippen LogP contribution in [0, 0.1) is 0 Å². The minimum Gasteiger partial charge on any atom is -0.391 e. The molecule has 5 nitrogen and oxygen atoms in total. The number of aliphatic hydroxyl groups excluding tert-OH is 1. The fourth-order valence-electron chi connectivity index (χ4n) is 2.52. The van der Waals surface area contributed by atoms with Crippen LogP contribution in [0.15, 0.2) is 24.3 Å². The first-order valence-corrected chi connectivity index (χ1v) is 7.17. The Labute approximate surface area is 120 Å². The number of amides is 2. The Kier molecular flexibility index (Phi) is 4.84. The van der Waals surface area contributed by atoms with Crippen LogP contribution in [0.5, 0.6) is 0 Å². The minimum atomic E-state index is -0.422. The van der Waals surface area contributed by atoms with E-state index in [9.17, 15) is 9.90 Å². The second kappa shape index (κ2) is 6.61. The Bertz CT molecular complexity index is 464. The standard InChI is InChI=1S/C15H23N3O2/c1-3-18(2)13-9-5-4-7-11(13)16-15(20)17-12-8-6-10-14(12)19/h4-5,7,9,12,14,19H,3,6,8,10H2,1-2H3,(H2,16,17,20)/t12-,14+/m0/s1. The normalized spacial score (nSPS) is 21.6. The van der Waals surface area contributed by atoms with E-state index in [0.717, 1.165) is 37.2 Å². The molecular weight excluding hydrogens is 254 g/mol. The van der Waals surface area contributed by atoms with E-state index >= 15 is 0 Å². The predicted molar refractivity (Wildman–Crippen MR) is 81.2 cm³/mol. The third kappa shape index (κ3) is 3.42. The molecule has 110 valence electrons. The first kappa shape index (κ1) is 14.7. The molecule has 0 heterocycles. The maximum Gasteiger partial charge on any atom is 0.319 e. The minimum absolute atomic E-state index is 0.133. The fourth-order valence-corrected chi connectivity index (χ4v) is 2.52. The molecule has 2 amide bonds. The van der Waals surface area contributed by atoms with E-state index in [-0.39, 0.29) is 12.1 Å². The maximum atomic E-state index is 12.0. The van der Waals surface area contributed by atoms with Gasteiger partial charge in [-0.05, 0) is 38.3 Å². The summed E-state index contributed by atoms with van der Waals surface area (Å²) in [5.41, 5.74) is 1.76. The number of carbonyl (C=O) groups excluding carboxylic acids is 1. The molecule has 0 aliphatic heterocycles. The van der Waals surface area contributed by atoms with Gasteiger partial charge >= 0.3 is 6.03 Å². The molecule has 3 N–H and O–H groups in total. The lowest BCUT2D eigenvalue weighted by Gasteiger charge is -2.22. The largest absolute Gasteiger partial charge is 0.391 e. The van der Waals surface area contributed by atoms with Gasteiger partial charge in [-0.2, -0.15) is 0 Å². The van der Waals surface area contributed by atoms with Crippen molar-refractivity contribution in [3.8, 4) is 0 Å². The van der Waals surface area contributed by atoms with Crippen LogP contribution in [-0.2, 0) is 0 Å². The van der Waals surface area contributed by atoms with Crippen molar-refractivity contribution >= 4 is 17.4 Å². The quantitative estimate of drug-likeness (QED) is 0.790. The lowest BCUT2D eigenvalue weighted by Crippen LogP contribution is -2.42. The number of anilines is 2. The first-order valence-electron chi connectivity index (χ1n) is 7.17. The number of benzene rings is 1. The second-order valence-electron chi connectivity index (χ2n) is 5.23. The molecule has 0 saturated heterocycles. The van der Waals surface area contributed by atoms with Crippen LogP contribution in [-0.4, -0.2) is 36.9 Å². The van der Waals surface area contributed by atoms with Crippen LogP contribution in [0.2, 0.25) is 0 Å². The highest BCUT2D eigenvalue weighted by atomic mass is 16.3. The molecule has 1 aliphatic carbocycles. The highest BCUT2D eigenvalue weighted by Gasteiger charge is 2.26. The predicted octanol–water partition coefficient (Wildman–Crippen LogP) is 2.18. The molecule has 20 heavy (non-hydrogen) atoms. The highest BCUT2D eigenvalue weighted by molar-refractivity contribution is 5.93. The summed E-state index contributed by atoms with van der Waals surface area (Å²) in [6, 6.07) is 7.31. The molecule has 5 heteroatoms. The van der Waals surface area contributed by atoms with Crippen LogP contribution in [0.3, 0.4) is 0 Å². The number of aliphatic hydroxyl groups is 1. The summed E-state index contributed by atoms with van der Waals surface area (Å²) in [7, 11) is 1.99. The fraction of sp³-hybridized carbons (Fsp3) is 0.533. The zero-order chi connectivity index (χ0) is 14.5. The Balaban J connectivity index is 2.00. The van der Waals surface area contributed by atoms with Crippen molar-refractivity contribution in [3.63, 3.8) is 0 Å². The second-order valence-corrected chi connectivity index (χ2v) is 5.23. The van der Waals surface area contributed by atoms with Crippen LogP contribution in [0.1, 0.15) is 26.2 Å². The number of rotatable bonds is 4. The zero-order valence-corrected chi connectivity index (χ0v) is 12.1. The van der Waals surface area contributed by atoms with E-state index in [0.29, 0.717) is 0 Å². The van der Waals surface area contributed by atoms with Crippen molar-refractivity contribution in [2.24, 2.45) is 0 Å². The molecule has 0 aromatic heterocycles. The van der Waals surface area contributed by atoms with Gasteiger partial charge < -0.3 is 20.6 Å². The summed E-state index contributed by atoms with van der Waals surface area (Å²) in [5, 5.41) is 15.4. The van der Waals surface area contributed by atoms with Crippen molar-refractivity contribution in [3.05, 3.63) is 24.3 Å². The molecule has 1 aromatic carbocycles. The summed E-state index contributed by atoms with van der Waals surface area (Å²) in [6.45, 7) is 2.92. The number of nitrogens with zero attached hydrogens (tertiary/aromatic N) is 1. The topological polar surface area (TPSA) is 64.6 Å². The van der Waals surface area contributed by atoms with E-state index in [1.54, 1.807) is 0 Å². The van der Waals surface area contributed by atoms with Crippen LogP contribution in [0.25, 0.3) is 0 Å². The Hall–Kier alpha value is -1.75. The molecule has 0 spiro atoms. The summed E-state index contributed by atoms with van der Waals surface area (Å²) in [4.78, 5) is 14.1. The van der Waals surface area contributed by atoms with Gasteiger partial charge in [-0.25, -0.2) is 4.79 Å². The average molecular weight is 277 g/mol. The summed E-state index contributed by atoms with van der Waals surface area (Å²) >= 11 is 0. The van der Waals surface area contributed by atoms with Gasteiger partial charge in [-0.1, -0.05) is 12.1 Å². The number of para-hydroxylation sites is 2. The number of nitrogens with one attached hydrogen (secondary N) is 2. The Morgan fingerprint density at radius 2 is 2.15 bits per heavy atom. The van der Waals surface area contributed by atoms with E-state index in [4.69, 9.17) is 0 Å². The van der Waals surface area contributed by atoms with E-state index in [2.05, 4.69) is 22.5 Å². The summed E-state index contributed by atoms with van der Waals surface area (Å²) < 4.78 is 0. The molecule has 2 atom stereocenters. The molecule has 0 bridgehead atoms. The van der Waals surface area contributed by atoms with E-state index < -0.39 is 6.10 Å². The van der Waals surface area contributed by atoms with Gasteiger partial charge in [0.05, 0.1) is 23.5 Å². The van der Waals surface area contributed by atoms with Gasteiger partial charge in [0.2, 0.25) is 0 Å². The van der Waals surface area contributed by atoms with Crippen LogP contribution < -0.4 is 15.5 Å². The van der Waals surface area contributed by atoms with Gasteiger partial charge in [-0.15, -0.1) is 0 Å². The number of carbonyl (C=O) groups is 1. The number of hydrogen-bond donors (Lipinski definition) is 3. The summed E-state index contributed by atoms with van der Waals surface area (Å²) in [6.07, 6.45) is 2.14. The molecule has 0 unspecified atom stereocenters. The van der Waals surface area contributed by atoms with Gasteiger partial charge in [-0.3, -0.25) is 0 Å². The lowest BCUT2D eigenvalue weighted by atomic mass is 10.2. The molecule has 2 rings (SSSR count). The van der Waals surface area contributed by atoms with Gasteiger partial charge in [0.1, 0.15) is 0 Å². The van der Waals surface area contributed by atoms with Crippen molar-refractivity contribution in [1.82, 2.24) is 5.32 Å². The average Bonchev–Trinajstić information content (AvgIpc) is 2.84. The highest BCUT2D eigenvalue weighted by Crippen LogP contribution is 2.24. The summed E-state index contributed by atoms with van der Waals surface area (Å²) in [5.74, 6) is 0. The number of hydrogen-bond acceptors (Lipinski definition) is 3. The Morgan fingerprint density at radius 1 is 1.40 bits per heavy atom. The van der Waals surface area contributed by atoms with Crippen molar-refractivity contribution in [1.29, 1.82) is 0 Å².